The molecular weight excluding hydrogens is 543 g/mol. The monoisotopic (exact) mass is 567 g/mol. The van der Waals surface area contributed by atoms with Crippen molar-refractivity contribution >= 4 is 81.3 Å². The first-order valence-corrected chi connectivity index (χ1v) is 15.3. The molecule has 0 aliphatic carbocycles. The smallest absolute Gasteiger partial charge is 0.137 e. The van der Waals surface area contributed by atoms with Crippen LogP contribution in [0.5, 0.6) is 0 Å². The van der Waals surface area contributed by atoms with Crippen molar-refractivity contribution in [2.24, 2.45) is 0 Å². The first kappa shape index (κ1) is 24.2. The summed E-state index contributed by atoms with van der Waals surface area (Å²) in [4.78, 5) is 2.43. The van der Waals surface area contributed by atoms with Gasteiger partial charge in [0.15, 0.2) is 0 Å². The average Bonchev–Trinajstić information content (AvgIpc) is 3.64. The zero-order valence-electron chi connectivity index (χ0n) is 23.2. The SMILES string of the molecule is c1ccc(-c2ccc3cc(N(c4cccc5oc6ccccc6c45)c4cccc5sc6ccccc6c45)ccc3c2)cc1. The van der Waals surface area contributed by atoms with Crippen LogP contribution in [0, 0.1) is 0 Å². The highest BCUT2D eigenvalue weighted by molar-refractivity contribution is 7.26. The van der Waals surface area contributed by atoms with Crippen molar-refractivity contribution in [3.8, 4) is 11.1 Å². The van der Waals surface area contributed by atoms with Crippen molar-refractivity contribution in [2.75, 3.05) is 4.90 Å². The van der Waals surface area contributed by atoms with E-state index in [0.29, 0.717) is 0 Å². The maximum absolute atomic E-state index is 6.36. The molecule has 2 nitrogen and oxygen atoms in total. The van der Waals surface area contributed by atoms with Crippen LogP contribution >= 0.6 is 11.3 Å². The summed E-state index contributed by atoms with van der Waals surface area (Å²) in [6, 6.07) is 54.3. The Balaban J connectivity index is 1.33. The van der Waals surface area contributed by atoms with Crippen molar-refractivity contribution in [2.45, 2.75) is 0 Å². The van der Waals surface area contributed by atoms with E-state index < -0.39 is 0 Å². The van der Waals surface area contributed by atoms with E-state index in [1.807, 2.05) is 17.4 Å². The van der Waals surface area contributed by atoms with Crippen molar-refractivity contribution < 1.29 is 4.42 Å². The van der Waals surface area contributed by atoms with Crippen LogP contribution in [0.15, 0.2) is 156 Å². The van der Waals surface area contributed by atoms with E-state index in [4.69, 9.17) is 4.42 Å². The van der Waals surface area contributed by atoms with Crippen LogP contribution in [-0.2, 0) is 0 Å². The molecule has 2 aromatic heterocycles. The van der Waals surface area contributed by atoms with Crippen LogP contribution in [0.3, 0.4) is 0 Å². The Morgan fingerprint density at radius 2 is 1.12 bits per heavy atom. The molecule has 9 aromatic rings. The van der Waals surface area contributed by atoms with Crippen molar-refractivity contribution in [3.05, 3.63) is 152 Å². The molecule has 0 N–H and O–H groups in total. The number of benzene rings is 7. The largest absolute Gasteiger partial charge is 0.456 e. The Kier molecular flexibility index (Phi) is 5.40. The molecule has 9 rings (SSSR count). The Morgan fingerprint density at radius 3 is 2.02 bits per heavy atom. The van der Waals surface area contributed by atoms with Crippen LogP contribution in [0.4, 0.5) is 17.1 Å². The van der Waals surface area contributed by atoms with Gasteiger partial charge in [0.25, 0.3) is 0 Å². The minimum atomic E-state index is 0.888. The summed E-state index contributed by atoms with van der Waals surface area (Å²) in [5.41, 5.74) is 7.61. The van der Waals surface area contributed by atoms with Crippen molar-refractivity contribution in [1.29, 1.82) is 0 Å². The molecule has 0 saturated heterocycles. The second-order valence-electron chi connectivity index (χ2n) is 10.9. The van der Waals surface area contributed by atoms with Gasteiger partial charge in [-0.15, -0.1) is 11.3 Å². The number of rotatable bonds is 4. The fourth-order valence-corrected chi connectivity index (χ4v) is 7.60. The molecule has 0 saturated carbocycles. The summed E-state index contributed by atoms with van der Waals surface area (Å²) < 4.78 is 8.93. The van der Waals surface area contributed by atoms with Crippen LogP contribution in [0.25, 0.3) is 64.0 Å². The summed E-state index contributed by atoms with van der Waals surface area (Å²) in [6.45, 7) is 0. The first-order chi connectivity index (χ1) is 21.3. The van der Waals surface area contributed by atoms with E-state index in [-0.39, 0.29) is 0 Å². The summed E-state index contributed by atoms with van der Waals surface area (Å²) in [5.74, 6) is 0. The normalized spacial score (nSPS) is 11.7. The molecule has 0 aliphatic heterocycles. The zero-order valence-corrected chi connectivity index (χ0v) is 24.0. The van der Waals surface area contributed by atoms with Gasteiger partial charge in [0.1, 0.15) is 11.2 Å². The molecule has 0 atom stereocenters. The lowest BCUT2D eigenvalue weighted by atomic mass is 10.00. The third-order valence-corrected chi connectivity index (χ3v) is 9.57. The van der Waals surface area contributed by atoms with Gasteiger partial charge in [-0.25, -0.2) is 0 Å². The lowest BCUT2D eigenvalue weighted by molar-refractivity contribution is 0.669. The van der Waals surface area contributed by atoms with E-state index >= 15 is 0 Å². The van der Waals surface area contributed by atoms with E-state index in [0.717, 1.165) is 39.0 Å². The van der Waals surface area contributed by atoms with Crippen LogP contribution in [-0.4, -0.2) is 0 Å². The van der Waals surface area contributed by atoms with E-state index in [2.05, 4.69) is 150 Å². The van der Waals surface area contributed by atoms with Crippen LogP contribution < -0.4 is 4.90 Å². The van der Waals surface area contributed by atoms with Gasteiger partial charge in [-0.3, -0.25) is 0 Å². The highest BCUT2D eigenvalue weighted by Gasteiger charge is 2.22. The molecule has 0 unspecified atom stereocenters. The highest BCUT2D eigenvalue weighted by atomic mass is 32.1. The molecule has 0 aliphatic rings. The van der Waals surface area contributed by atoms with Crippen molar-refractivity contribution in [3.63, 3.8) is 0 Å². The highest BCUT2D eigenvalue weighted by Crippen LogP contribution is 2.48. The summed E-state index contributed by atoms with van der Waals surface area (Å²) >= 11 is 1.85. The van der Waals surface area contributed by atoms with E-state index in [9.17, 15) is 0 Å². The number of hydrogen-bond acceptors (Lipinski definition) is 3. The number of hydrogen-bond donors (Lipinski definition) is 0. The third kappa shape index (κ3) is 3.86. The molecule has 0 radical (unpaired) electrons. The molecule has 0 spiro atoms. The minimum absolute atomic E-state index is 0.888. The van der Waals surface area contributed by atoms with Gasteiger partial charge in [-0.2, -0.15) is 0 Å². The maximum Gasteiger partial charge on any atom is 0.137 e. The molecule has 202 valence electrons. The number of fused-ring (bicyclic) bond motifs is 7. The van der Waals surface area contributed by atoms with Crippen LogP contribution in [0.1, 0.15) is 0 Å². The molecule has 43 heavy (non-hydrogen) atoms. The predicted octanol–water partition coefficient (Wildman–Crippen LogP) is 12.2. The first-order valence-electron chi connectivity index (χ1n) is 14.5. The summed E-state index contributed by atoms with van der Waals surface area (Å²) in [5, 5.41) is 7.21. The van der Waals surface area contributed by atoms with E-state index in [1.54, 1.807) is 0 Å². The van der Waals surface area contributed by atoms with Crippen LogP contribution in [0.2, 0.25) is 0 Å². The topological polar surface area (TPSA) is 16.4 Å². The quantitative estimate of drug-likeness (QED) is 0.210. The molecular formula is C40H25NOS. The third-order valence-electron chi connectivity index (χ3n) is 8.43. The summed E-state index contributed by atoms with van der Waals surface area (Å²) in [7, 11) is 0. The van der Waals surface area contributed by atoms with Gasteiger partial charge in [-0.05, 0) is 76.5 Å². The number of nitrogens with zero attached hydrogens (tertiary/aromatic N) is 1. The zero-order chi connectivity index (χ0) is 28.3. The average molecular weight is 568 g/mol. The fraction of sp³-hybridized carbons (Fsp3) is 0. The number of furan rings is 1. The second-order valence-corrected chi connectivity index (χ2v) is 12.0. The van der Waals surface area contributed by atoms with Gasteiger partial charge < -0.3 is 9.32 Å². The molecule has 0 amide bonds. The van der Waals surface area contributed by atoms with Gasteiger partial charge in [0.2, 0.25) is 0 Å². The molecule has 7 aromatic carbocycles. The Hall–Kier alpha value is -5.38. The second kappa shape index (κ2) is 9.59. The molecule has 2 heterocycles. The number of anilines is 3. The Bertz CT molecular complexity index is 2360. The summed E-state index contributed by atoms with van der Waals surface area (Å²) in [6.07, 6.45) is 0. The number of thiophene rings is 1. The Morgan fingerprint density at radius 1 is 0.442 bits per heavy atom. The minimum Gasteiger partial charge on any atom is -0.456 e. The molecule has 0 bridgehead atoms. The predicted molar refractivity (Wildman–Crippen MR) is 184 cm³/mol. The lowest BCUT2D eigenvalue weighted by Crippen LogP contribution is -2.10. The molecule has 0 fully saturated rings. The molecule has 3 heteroatoms. The fourth-order valence-electron chi connectivity index (χ4n) is 6.47. The number of para-hydroxylation sites is 1. The maximum atomic E-state index is 6.36. The van der Waals surface area contributed by atoms with Crippen molar-refractivity contribution in [1.82, 2.24) is 0 Å². The van der Waals surface area contributed by atoms with E-state index in [1.165, 1.54) is 42.1 Å². The Labute approximate surface area is 252 Å². The lowest BCUT2D eigenvalue weighted by Gasteiger charge is -2.27. The standard InChI is InChI=1S/C40H25NOS/c1-2-10-26(11-3-1)27-20-21-29-25-30(23-22-28(29)24-27)41(33-14-8-17-36-39(33)31-12-4-6-16-35(31)42-36)34-15-9-19-38-40(34)32-13-5-7-18-37(32)43-38/h1-25H. The van der Waals surface area contributed by atoms with Gasteiger partial charge in [0.05, 0.1) is 16.8 Å². The van der Waals surface area contributed by atoms with Gasteiger partial charge >= 0.3 is 0 Å². The van der Waals surface area contributed by atoms with Gasteiger partial charge in [0, 0.05) is 31.2 Å². The van der Waals surface area contributed by atoms with Gasteiger partial charge in [-0.1, -0.05) is 97.1 Å².